The zero-order valence-corrected chi connectivity index (χ0v) is 15.7. The van der Waals surface area contributed by atoms with Gasteiger partial charge in [-0.25, -0.2) is 4.39 Å². The molecule has 0 bridgehead atoms. The molecule has 4 rings (SSSR count). The fraction of sp³-hybridized carbons (Fsp3) is 0. The molecule has 8 heteroatoms. The van der Waals surface area contributed by atoms with Gasteiger partial charge in [-0.1, -0.05) is 6.07 Å². The molecule has 2 N–H and O–H groups in total. The number of anilines is 1. The van der Waals surface area contributed by atoms with Gasteiger partial charge in [-0.05, 0) is 72.9 Å². The highest BCUT2D eigenvalue weighted by Gasteiger charge is 2.34. The van der Waals surface area contributed by atoms with E-state index in [4.69, 9.17) is 12.2 Å². The van der Waals surface area contributed by atoms with Gasteiger partial charge in [0.05, 0.1) is 5.69 Å². The van der Waals surface area contributed by atoms with Gasteiger partial charge in [0.2, 0.25) is 0 Å². The first-order valence-electron chi connectivity index (χ1n) is 8.58. The highest BCUT2D eigenvalue weighted by Crippen LogP contribution is 2.24. The molecular formula is C21H14FN3O3S. The van der Waals surface area contributed by atoms with Gasteiger partial charge < -0.3 is 9.67 Å². The molecule has 1 aromatic heterocycles. The van der Waals surface area contributed by atoms with E-state index in [0.717, 1.165) is 10.6 Å². The third-order valence-electron chi connectivity index (χ3n) is 4.37. The van der Waals surface area contributed by atoms with Crippen LogP contribution in [0.15, 0.2) is 72.4 Å². The van der Waals surface area contributed by atoms with Crippen molar-refractivity contribution in [2.75, 3.05) is 4.90 Å². The SMILES string of the molecule is O=C1NC(=S)N(c2cccc(F)c2)C(=O)/C1=C/c1cccn1-c1ccc(O)cc1. The summed E-state index contributed by atoms with van der Waals surface area (Å²) in [5, 5.41) is 11.8. The van der Waals surface area contributed by atoms with Gasteiger partial charge in [-0.3, -0.25) is 19.8 Å². The number of halogens is 1. The van der Waals surface area contributed by atoms with Crippen molar-refractivity contribution in [2.24, 2.45) is 0 Å². The Kier molecular flexibility index (Phi) is 4.69. The number of aromatic nitrogens is 1. The zero-order chi connectivity index (χ0) is 20.5. The summed E-state index contributed by atoms with van der Waals surface area (Å²) in [6.07, 6.45) is 3.21. The summed E-state index contributed by atoms with van der Waals surface area (Å²) < 4.78 is 15.4. The van der Waals surface area contributed by atoms with Crippen molar-refractivity contribution in [3.8, 4) is 11.4 Å². The minimum absolute atomic E-state index is 0.114. The number of phenolic OH excluding ortho intramolecular Hbond substituents is 1. The van der Waals surface area contributed by atoms with Crippen molar-refractivity contribution in [1.29, 1.82) is 0 Å². The highest BCUT2D eigenvalue weighted by atomic mass is 32.1. The Balaban J connectivity index is 1.75. The van der Waals surface area contributed by atoms with Gasteiger partial charge in [0.1, 0.15) is 17.1 Å². The van der Waals surface area contributed by atoms with Gasteiger partial charge in [0, 0.05) is 17.6 Å². The van der Waals surface area contributed by atoms with E-state index >= 15 is 0 Å². The molecule has 1 aliphatic rings. The lowest BCUT2D eigenvalue weighted by atomic mass is 10.1. The van der Waals surface area contributed by atoms with E-state index in [2.05, 4.69) is 5.32 Å². The Labute approximate surface area is 170 Å². The van der Waals surface area contributed by atoms with Gasteiger partial charge in [-0.15, -0.1) is 0 Å². The number of amides is 2. The molecule has 0 radical (unpaired) electrons. The molecule has 6 nitrogen and oxygen atoms in total. The minimum Gasteiger partial charge on any atom is -0.508 e. The Morgan fingerprint density at radius 2 is 1.76 bits per heavy atom. The molecule has 0 saturated carbocycles. The van der Waals surface area contributed by atoms with Crippen LogP contribution in [0.25, 0.3) is 11.8 Å². The zero-order valence-electron chi connectivity index (χ0n) is 14.9. The number of hydrogen-bond donors (Lipinski definition) is 2. The second-order valence-corrected chi connectivity index (χ2v) is 6.64. The number of carbonyl (C=O) groups is 2. The predicted molar refractivity (Wildman–Crippen MR) is 110 cm³/mol. The molecule has 144 valence electrons. The van der Waals surface area contributed by atoms with Crippen LogP contribution >= 0.6 is 12.2 Å². The maximum absolute atomic E-state index is 13.6. The van der Waals surface area contributed by atoms with E-state index in [9.17, 15) is 19.1 Å². The largest absolute Gasteiger partial charge is 0.508 e. The quantitative estimate of drug-likeness (QED) is 0.397. The van der Waals surface area contributed by atoms with Crippen LogP contribution < -0.4 is 10.2 Å². The van der Waals surface area contributed by atoms with E-state index in [-0.39, 0.29) is 22.1 Å². The maximum Gasteiger partial charge on any atom is 0.270 e. The van der Waals surface area contributed by atoms with Gasteiger partial charge >= 0.3 is 0 Å². The third kappa shape index (κ3) is 3.53. The van der Waals surface area contributed by atoms with Crippen LogP contribution in [-0.2, 0) is 9.59 Å². The van der Waals surface area contributed by atoms with E-state index in [1.54, 1.807) is 35.0 Å². The molecule has 1 aliphatic heterocycles. The van der Waals surface area contributed by atoms with Gasteiger partial charge in [0.15, 0.2) is 5.11 Å². The molecule has 1 saturated heterocycles. The normalized spacial score (nSPS) is 15.7. The van der Waals surface area contributed by atoms with Gasteiger partial charge in [-0.2, -0.15) is 0 Å². The van der Waals surface area contributed by atoms with E-state index < -0.39 is 17.6 Å². The fourth-order valence-electron chi connectivity index (χ4n) is 3.02. The topological polar surface area (TPSA) is 74.6 Å². The summed E-state index contributed by atoms with van der Waals surface area (Å²) >= 11 is 5.12. The van der Waals surface area contributed by atoms with Crippen molar-refractivity contribution >= 4 is 40.9 Å². The Morgan fingerprint density at radius 3 is 2.48 bits per heavy atom. The number of phenols is 1. The monoisotopic (exact) mass is 407 g/mol. The standard InChI is InChI=1S/C21H14FN3O3S/c22-13-3-1-4-16(11-13)25-20(28)18(19(27)23-21(25)29)12-15-5-2-10-24(15)14-6-8-17(26)9-7-14/h1-12,26H,(H,23,27,29)/b18-12+. The number of hydrogen-bond acceptors (Lipinski definition) is 4. The highest BCUT2D eigenvalue weighted by molar-refractivity contribution is 7.80. The van der Waals surface area contributed by atoms with E-state index in [0.29, 0.717) is 5.69 Å². The Bertz CT molecular complexity index is 1170. The van der Waals surface area contributed by atoms with E-state index in [1.807, 2.05) is 0 Å². The average molecular weight is 407 g/mol. The number of nitrogens with one attached hydrogen (secondary N) is 1. The van der Waals surface area contributed by atoms with Crippen molar-refractivity contribution < 1.29 is 19.1 Å². The summed E-state index contributed by atoms with van der Waals surface area (Å²) in [6, 6.07) is 15.4. The van der Waals surface area contributed by atoms with Crippen LogP contribution in [0.3, 0.4) is 0 Å². The second-order valence-electron chi connectivity index (χ2n) is 6.26. The summed E-state index contributed by atoms with van der Waals surface area (Å²) in [5.74, 6) is -1.68. The van der Waals surface area contributed by atoms with Gasteiger partial charge in [0.25, 0.3) is 11.8 Å². The summed E-state index contributed by atoms with van der Waals surface area (Å²) in [4.78, 5) is 26.6. The first-order valence-corrected chi connectivity index (χ1v) is 8.98. The van der Waals surface area contributed by atoms with Crippen LogP contribution in [-0.4, -0.2) is 26.6 Å². The molecule has 3 aromatic rings. The van der Waals surface area contributed by atoms with Crippen molar-refractivity contribution in [3.63, 3.8) is 0 Å². The van der Waals surface area contributed by atoms with Crippen molar-refractivity contribution in [3.05, 3.63) is 83.9 Å². The van der Waals surface area contributed by atoms with Crippen LogP contribution in [0.1, 0.15) is 5.69 Å². The van der Waals surface area contributed by atoms with Crippen molar-refractivity contribution in [2.45, 2.75) is 0 Å². The molecule has 0 unspecified atom stereocenters. The number of nitrogens with zero attached hydrogens (tertiary/aromatic N) is 2. The molecular weight excluding hydrogens is 393 g/mol. The van der Waals surface area contributed by atoms with Crippen LogP contribution in [0.4, 0.5) is 10.1 Å². The lowest BCUT2D eigenvalue weighted by Gasteiger charge is -2.29. The number of thiocarbonyl (C=S) groups is 1. The third-order valence-corrected chi connectivity index (χ3v) is 4.65. The minimum atomic E-state index is -0.650. The average Bonchev–Trinajstić information content (AvgIpc) is 3.14. The fourth-order valence-corrected chi connectivity index (χ4v) is 3.30. The summed E-state index contributed by atoms with van der Waals surface area (Å²) in [7, 11) is 0. The lowest BCUT2D eigenvalue weighted by molar-refractivity contribution is -0.122. The smallest absolute Gasteiger partial charge is 0.270 e. The number of benzene rings is 2. The summed E-state index contributed by atoms with van der Waals surface area (Å²) in [5.41, 5.74) is 1.39. The van der Waals surface area contributed by atoms with E-state index in [1.165, 1.54) is 42.5 Å². The summed E-state index contributed by atoms with van der Waals surface area (Å²) in [6.45, 7) is 0. The van der Waals surface area contributed by atoms with Crippen LogP contribution in [0, 0.1) is 5.82 Å². The molecule has 2 heterocycles. The molecule has 29 heavy (non-hydrogen) atoms. The van der Waals surface area contributed by atoms with Crippen LogP contribution in [0.2, 0.25) is 0 Å². The maximum atomic E-state index is 13.6. The second kappa shape index (κ2) is 7.33. The molecule has 0 spiro atoms. The Hall–Kier alpha value is -3.78. The molecule has 2 amide bonds. The number of carbonyl (C=O) groups excluding carboxylic acids is 2. The predicted octanol–water partition coefficient (Wildman–Crippen LogP) is 3.15. The number of rotatable bonds is 3. The van der Waals surface area contributed by atoms with Crippen LogP contribution in [0.5, 0.6) is 5.75 Å². The molecule has 0 atom stereocenters. The number of aromatic hydroxyl groups is 1. The molecule has 1 fully saturated rings. The van der Waals surface area contributed by atoms with Crippen molar-refractivity contribution in [1.82, 2.24) is 9.88 Å². The molecule has 0 aliphatic carbocycles. The lowest BCUT2D eigenvalue weighted by Crippen LogP contribution is -2.54. The molecule has 2 aromatic carbocycles. The first-order chi connectivity index (χ1) is 13.9. The first kappa shape index (κ1) is 18.6. The Morgan fingerprint density at radius 1 is 1.00 bits per heavy atom.